The Labute approximate surface area is 119 Å². The van der Waals surface area contributed by atoms with Crippen LogP contribution in [0.25, 0.3) is 16.9 Å². The van der Waals surface area contributed by atoms with E-state index in [9.17, 15) is 4.79 Å². The second kappa shape index (κ2) is 4.64. The zero-order chi connectivity index (χ0) is 14.3. The average Bonchev–Trinajstić information content (AvgIpc) is 2.83. The summed E-state index contributed by atoms with van der Waals surface area (Å²) in [5.41, 5.74) is 0.259. The SMILES string of the molecule is CNc1nc(=O)n(-c2nccn2C)c2cc(Cl)ccc12. The summed E-state index contributed by atoms with van der Waals surface area (Å²) < 4.78 is 3.20. The highest BCUT2D eigenvalue weighted by Gasteiger charge is 2.14. The van der Waals surface area contributed by atoms with E-state index in [-0.39, 0.29) is 0 Å². The van der Waals surface area contributed by atoms with Gasteiger partial charge in [0.1, 0.15) is 5.82 Å². The predicted octanol–water partition coefficient (Wildman–Crippen LogP) is 1.81. The second-order valence-electron chi connectivity index (χ2n) is 4.33. The number of rotatable bonds is 2. The molecule has 0 fully saturated rings. The van der Waals surface area contributed by atoms with Crippen molar-refractivity contribution in [1.82, 2.24) is 19.1 Å². The fourth-order valence-electron chi connectivity index (χ4n) is 2.16. The molecule has 3 aromatic rings. The lowest BCUT2D eigenvalue weighted by molar-refractivity contribution is 0.798. The lowest BCUT2D eigenvalue weighted by Crippen LogP contribution is -2.25. The summed E-state index contributed by atoms with van der Waals surface area (Å²) in [6.07, 6.45) is 3.40. The number of aromatic nitrogens is 4. The molecule has 0 radical (unpaired) electrons. The summed E-state index contributed by atoms with van der Waals surface area (Å²) in [6, 6.07) is 5.32. The van der Waals surface area contributed by atoms with Crippen molar-refractivity contribution in [2.24, 2.45) is 7.05 Å². The average molecular weight is 290 g/mol. The van der Waals surface area contributed by atoms with E-state index >= 15 is 0 Å². The number of nitrogens with zero attached hydrogens (tertiary/aromatic N) is 4. The molecule has 20 heavy (non-hydrogen) atoms. The number of anilines is 1. The van der Waals surface area contributed by atoms with Gasteiger partial charge in [0.2, 0.25) is 5.95 Å². The fraction of sp³-hybridized carbons (Fsp3) is 0.154. The maximum Gasteiger partial charge on any atom is 0.357 e. The van der Waals surface area contributed by atoms with E-state index in [2.05, 4.69) is 15.3 Å². The van der Waals surface area contributed by atoms with Crippen LogP contribution in [-0.4, -0.2) is 26.1 Å². The van der Waals surface area contributed by atoms with Crippen LogP contribution in [0.3, 0.4) is 0 Å². The van der Waals surface area contributed by atoms with Gasteiger partial charge in [0.05, 0.1) is 5.52 Å². The molecule has 0 unspecified atom stereocenters. The van der Waals surface area contributed by atoms with Crippen LogP contribution >= 0.6 is 11.6 Å². The lowest BCUT2D eigenvalue weighted by Gasteiger charge is -2.12. The molecule has 0 aliphatic heterocycles. The zero-order valence-corrected chi connectivity index (χ0v) is 11.7. The molecule has 0 aliphatic rings. The first-order valence-corrected chi connectivity index (χ1v) is 6.37. The molecule has 6 nitrogen and oxygen atoms in total. The highest BCUT2D eigenvalue weighted by molar-refractivity contribution is 6.31. The minimum atomic E-state index is -0.404. The summed E-state index contributed by atoms with van der Waals surface area (Å²) in [6.45, 7) is 0. The van der Waals surface area contributed by atoms with E-state index in [0.717, 1.165) is 5.39 Å². The molecule has 0 spiro atoms. The summed E-state index contributed by atoms with van der Waals surface area (Å²) in [4.78, 5) is 20.5. The first-order valence-electron chi connectivity index (χ1n) is 5.99. The van der Waals surface area contributed by atoms with Gasteiger partial charge in [0.25, 0.3) is 0 Å². The van der Waals surface area contributed by atoms with Gasteiger partial charge in [0, 0.05) is 36.9 Å². The molecule has 2 aromatic heterocycles. The Kier molecular flexibility index (Phi) is 2.94. The fourth-order valence-corrected chi connectivity index (χ4v) is 2.32. The highest BCUT2D eigenvalue weighted by atomic mass is 35.5. The molecule has 102 valence electrons. The van der Waals surface area contributed by atoms with Gasteiger partial charge in [-0.1, -0.05) is 11.6 Å². The normalized spacial score (nSPS) is 10.9. The minimum Gasteiger partial charge on any atom is -0.372 e. The van der Waals surface area contributed by atoms with Crippen LogP contribution in [0, 0.1) is 0 Å². The van der Waals surface area contributed by atoms with Crippen molar-refractivity contribution >= 4 is 28.3 Å². The molecule has 0 atom stereocenters. The lowest BCUT2D eigenvalue weighted by atomic mass is 10.2. The molecule has 3 rings (SSSR count). The third-order valence-corrected chi connectivity index (χ3v) is 3.32. The standard InChI is InChI=1S/C13H12ClN5O/c1-15-11-9-4-3-8(14)7-10(9)19(13(20)17-11)12-16-5-6-18(12)2/h3-7H,1-2H3,(H,15,17,20). The molecule has 0 saturated heterocycles. The number of imidazole rings is 1. The smallest absolute Gasteiger partial charge is 0.357 e. The van der Waals surface area contributed by atoms with Gasteiger partial charge in [-0.2, -0.15) is 4.98 Å². The Morgan fingerprint density at radius 2 is 2.15 bits per heavy atom. The van der Waals surface area contributed by atoms with Crippen molar-refractivity contribution in [1.29, 1.82) is 0 Å². The summed E-state index contributed by atoms with van der Waals surface area (Å²) in [7, 11) is 3.54. The van der Waals surface area contributed by atoms with Crippen LogP contribution in [-0.2, 0) is 7.05 Å². The van der Waals surface area contributed by atoms with Gasteiger partial charge < -0.3 is 9.88 Å². The molecular weight excluding hydrogens is 278 g/mol. The Bertz CT molecular complexity index is 852. The molecule has 1 aromatic carbocycles. The van der Waals surface area contributed by atoms with Crippen molar-refractivity contribution in [2.75, 3.05) is 12.4 Å². The van der Waals surface area contributed by atoms with Gasteiger partial charge in [-0.25, -0.2) is 14.3 Å². The third kappa shape index (κ3) is 1.85. The molecule has 0 bridgehead atoms. The Morgan fingerprint density at radius 1 is 1.35 bits per heavy atom. The summed E-state index contributed by atoms with van der Waals surface area (Å²) in [5, 5.41) is 4.28. The molecule has 0 saturated carbocycles. The van der Waals surface area contributed by atoms with Crippen molar-refractivity contribution < 1.29 is 0 Å². The highest BCUT2D eigenvalue weighted by Crippen LogP contribution is 2.24. The molecule has 0 aliphatic carbocycles. The first kappa shape index (κ1) is 12.7. The van der Waals surface area contributed by atoms with E-state index in [1.165, 1.54) is 4.57 Å². The van der Waals surface area contributed by atoms with E-state index in [4.69, 9.17) is 11.6 Å². The van der Waals surface area contributed by atoms with E-state index in [1.807, 2.05) is 13.1 Å². The van der Waals surface area contributed by atoms with Crippen LogP contribution in [0.5, 0.6) is 0 Å². The molecule has 1 N–H and O–H groups in total. The maximum absolute atomic E-state index is 12.3. The molecule has 0 amide bonds. The topological polar surface area (TPSA) is 64.7 Å². The first-order chi connectivity index (χ1) is 9.61. The third-order valence-electron chi connectivity index (χ3n) is 3.09. The van der Waals surface area contributed by atoms with E-state index in [1.54, 1.807) is 36.1 Å². The minimum absolute atomic E-state index is 0.404. The van der Waals surface area contributed by atoms with Crippen LogP contribution in [0.4, 0.5) is 5.82 Å². The number of halogens is 1. The van der Waals surface area contributed by atoms with Crippen LogP contribution < -0.4 is 11.0 Å². The van der Waals surface area contributed by atoms with Crippen molar-refractivity contribution in [3.05, 3.63) is 46.1 Å². The number of benzene rings is 1. The van der Waals surface area contributed by atoms with E-state index in [0.29, 0.717) is 22.3 Å². The molecule has 2 heterocycles. The van der Waals surface area contributed by atoms with Crippen LogP contribution in [0.15, 0.2) is 35.4 Å². The second-order valence-corrected chi connectivity index (χ2v) is 4.76. The van der Waals surface area contributed by atoms with Crippen molar-refractivity contribution in [3.63, 3.8) is 0 Å². The molecule has 7 heteroatoms. The summed E-state index contributed by atoms with van der Waals surface area (Å²) in [5.74, 6) is 1.02. The maximum atomic E-state index is 12.3. The van der Waals surface area contributed by atoms with Gasteiger partial charge in [-0.3, -0.25) is 0 Å². The predicted molar refractivity (Wildman–Crippen MR) is 78.7 cm³/mol. The number of hydrogen-bond donors (Lipinski definition) is 1. The van der Waals surface area contributed by atoms with Crippen LogP contribution in [0.2, 0.25) is 5.02 Å². The Morgan fingerprint density at radius 3 is 2.80 bits per heavy atom. The van der Waals surface area contributed by atoms with Crippen molar-refractivity contribution in [3.8, 4) is 5.95 Å². The number of fused-ring (bicyclic) bond motifs is 1. The van der Waals surface area contributed by atoms with Gasteiger partial charge in [0.15, 0.2) is 0 Å². The number of nitrogens with one attached hydrogen (secondary N) is 1. The Balaban J connectivity index is 2.49. The van der Waals surface area contributed by atoms with Gasteiger partial charge in [-0.05, 0) is 18.2 Å². The van der Waals surface area contributed by atoms with Gasteiger partial charge in [-0.15, -0.1) is 0 Å². The number of aryl methyl sites for hydroxylation is 1. The van der Waals surface area contributed by atoms with Crippen molar-refractivity contribution in [2.45, 2.75) is 0 Å². The zero-order valence-electron chi connectivity index (χ0n) is 11.0. The van der Waals surface area contributed by atoms with Crippen LogP contribution in [0.1, 0.15) is 0 Å². The largest absolute Gasteiger partial charge is 0.372 e. The van der Waals surface area contributed by atoms with E-state index < -0.39 is 5.69 Å². The number of hydrogen-bond acceptors (Lipinski definition) is 4. The Hall–Kier alpha value is -2.34. The molecular formula is C13H12ClN5O. The van der Waals surface area contributed by atoms with Gasteiger partial charge >= 0.3 is 5.69 Å². The monoisotopic (exact) mass is 289 g/mol. The quantitative estimate of drug-likeness (QED) is 0.781. The summed E-state index contributed by atoms with van der Waals surface area (Å²) >= 11 is 6.06.